The summed E-state index contributed by atoms with van der Waals surface area (Å²) in [5.74, 6) is -0.703. The quantitative estimate of drug-likeness (QED) is 0.692. The number of nitrogens with zero attached hydrogens (tertiary/aromatic N) is 2. The topological polar surface area (TPSA) is 101 Å². The third-order valence-electron chi connectivity index (χ3n) is 4.45. The van der Waals surface area contributed by atoms with Crippen LogP contribution in [0.1, 0.15) is 53.0 Å². The lowest BCUT2D eigenvalue weighted by molar-refractivity contribution is -0.134. The molecule has 3 amide bonds. The summed E-state index contributed by atoms with van der Waals surface area (Å²) in [4.78, 5) is 43.1. The minimum atomic E-state index is -0.785. The standard InChI is InChI=1S/C21H32N4O4/c1-14(2)18(24-20(28)29-21(3,4)5)19(27)23-12-17(26)25(16-6-7-16)13-15-8-10-22-11-9-15/h8-11,14,16,18H,6-7,12-13H2,1-5H3,(H,23,27)(H,24,28)/t18-/m0/s1. The molecule has 160 valence electrons. The Balaban J connectivity index is 1.91. The van der Waals surface area contributed by atoms with Gasteiger partial charge in [-0.3, -0.25) is 14.6 Å². The molecular weight excluding hydrogens is 372 g/mol. The van der Waals surface area contributed by atoms with Crippen LogP contribution in [0.4, 0.5) is 4.79 Å². The fourth-order valence-corrected chi connectivity index (χ4v) is 2.84. The van der Waals surface area contributed by atoms with Gasteiger partial charge in [0.2, 0.25) is 11.8 Å². The van der Waals surface area contributed by atoms with Crippen molar-refractivity contribution in [2.75, 3.05) is 6.54 Å². The van der Waals surface area contributed by atoms with Crippen molar-refractivity contribution in [2.45, 2.75) is 71.7 Å². The maximum atomic E-state index is 12.7. The molecule has 1 aromatic heterocycles. The number of nitrogens with one attached hydrogen (secondary N) is 2. The van der Waals surface area contributed by atoms with Crippen molar-refractivity contribution >= 4 is 17.9 Å². The average molecular weight is 405 g/mol. The van der Waals surface area contributed by atoms with E-state index >= 15 is 0 Å². The Morgan fingerprint density at radius 3 is 2.34 bits per heavy atom. The number of aromatic nitrogens is 1. The zero-order valence-corrected chi connectivity index (χ0v) is 17.9. The Kier molecular flexibility index (Phi) is 7.59. The van der Waals surface area contributed by atoms with Crippen molar-refractivity contribution in [1.29, 1.82) is 0 Å². The molecule has 1 saturated carbocycles. The first-order chi connectivity index (χ1) is 13.6. The van der Waals surface area contributed by atoms with Gasteiger partial charge in [0, 0.05) is 25.0 Å². The highest BCUT2D eigenvalue weighted by atomic mass is 16.6. The maximum Gasteiger partial charge on any atom is 0.408 e. The van der Waals surface area contributed by atoms with Crippen LogP contribution in [0.25, 0.3) is 0 Å². The van der Waals surface area contributed by atoms with Crippen LogP contribution in [0.2, 0.25) is 0 Å². The summed E-state index contributed by atoms with van der Waals surface area (Å²) < 4.78 is 5.23. The molecule has 8 heteroatoms. The highest BCUT2D eigenvalue weighted by molar-refractivity contribution is 5.89. The minimum Gasteiger partial charge on any atom is -0.444 e. The Labute approximate surface area is 172 Å². The van der Waals surface area contributed by atoms with E-state index in [9.17, 15) is 14.4 Å². The van der Waals surface area contributed by atoms with Crippen molar-refractivity contribution < 1.29 is 19.1 Å². The smallest absolute Gasteiger partial charge is 0.408 e. The van der Waals surface area contributed by atoms with E-state index in [1.165, 1.54) is 0 Å². The number of rotatable bonds is 8. The molecule has 0 radical (unpaired) electrons. The number of carbonyl (C=O) groups is 3. The zero-order chi connectivity index (χ0) is 21.6. The van der Waals surface area contributed by atoms with Crippen molar-refractivity contribution in [1.82, 2.24) is 20.5 Å². The fraction of sp³-hybridized carbons (Fsp3) is 0.619. The van der Waals surface area contributed by atoms with Gasteiger partial charge in [-0.2, -0.15) is 0 Å². The highest BCUT2D eigenvalue weighted by Gasteiger charge is 2.33. The number of pyridine rings is 1. The highest BCUT2D eigenvalue weighted by Crippen LogP contribution is 2.28. The molecule has 1 aromatic rings. The van der Waals surface area contributed by atoms with Crippen LogP contribution in [0.5, 0.6) is 0 Å². The van der Waals surface area contributed by atoms with Crippen LogP contribution in [0, 0.1) is 5.92 Å². The Bertz CT molecular complexity index is 711. The van der Waals surface area contributed by atoms with Crippen LogP contribution in [-0.2, 0) is 20.9 Å². The van der Waals surface area contributed by atoms with Gasteiger partial charge in [-0.25, -0.2) is 4.79 Å². The van der Waals surface area contributed by atoms with Crippen LogP contribution in [0.15, 0.2) is 24.5 Å². The third-order valence-corrected chi connectivity index (χ3v) is 4.45. The second-order valence-electron chi connectivity index (χ2n) is 8.69. The molecule has 0 bridgehead atoms. The second-order valence-corrected chi connectivity index (χ2v) is 8.69. The lowest BCUT2D eigenvalue weighted by Crippen LogP contribution is -2.52. The van der Waals surface area contributed by atoms with Crippen LogP contribution in [-0.4, -0.2) is 52.0 Å². The summed E-state index contributed by atoms with van der Waals surface area (Å²) in [5.41, 5.74) is 0.341. The Morgan fingerprint density at radius 1 is 1.21 bits per heavy atom. The summed E-state index contributed by atoms with van der Waals surface area (Å²) in [7, 11) is 0. The van der Waals surface area contributed by atoms with Crippen LogP contribution >= 0.6 is 0 Å². The van der Waals surface area contributed by atoms with Crippen molar-refractivity contribution in [3.05, 3.63) is 30.1 Å². The van der Waals surface area contributed by atoms with E-state index in [1.54, 1.807) is 38.1 Å². The Hall–Kier alpha value is -2.64. The molecule has 0 spiro atoms. The van der Waals surface area contributed by atoms with Gasteiger partial charge in [-0.05, 0) is 57.2 Å². The molecule has 29 heavy (non-hydrogen) atoms. The third kappa shape index (κ3) is 7.71. The van der Waals surface area contributed by atoms with Gasteiger partial charge >= 0.3 is 6.09 Å². The molecule has 1 fully saturated rings. The summed E-state index contributed by atoms with van der Waals surface area (Å²) in [6.07, 6.45) is 4.68. The molecule has 1 aliphatic rings. The first-order valence-electron chi connectivity index (χ1n) is 10.0. The number of carbonyl (C=O) groups excluding carboxylic acids is 3. The van der Waals surface area contributed by atoms with Gasteiger partial charge in [-0.15, -0.1) is 0 Å². The molecule has 1 aliphatic carbocycles. The van der Waals surface area contributed by atoms with Crippen molar-refractivity contribution in [2.24, 2.45) is 5.92 Å². The van der Waals surface area contributed by atoms with Gasteiger partial charge in [-0.1, -0.05) is 13.8 Å². The van der Waals surface area contributed by atoms with E-state index in [0.29, 0.717) is 6.54 Å². The average Bonchev–Trinajstić information content (AvgIpc) is 3.46. The summed E-state index contributed by atoms with van der Waals surface area (Å²) in [5, 5.41) is 5.26. The van der Waals surface area contributed by atoms with Gasteiger partial charge in [0.05, 0.1) is 6.54 Å². The second kappa shape index (κ2) is 9.71. The van der Waals surface area contributed by atoms with E-state index in [2.05, 4.69) is 15.6 Å². The molecule has 1 atom stereocenters. The predicted octanol–water partition coefficient (Wildman–Crippen LogP) is 2.24. The number of alkyl carbamates (subject to hydrolysis) is 1. The molecule has 0 unspecified atom stereocenters. The number of amides is 3. The zero-order valence-electron chi connectivity index (χ0n) is 17.9. The van der Waals surface area contributed by atoms with Crippen molar-refractivity contribution in [3.63, 3.8) is 0 Å². The van der Waals surface area contributed by atoms with Crippen LogP contribution in [0.3, 0.4) is 0 Å². The number of ether oxygens (including phenoxy) is 1. The first-order valence-corrected chi connectivity index (χ1v) is 10.0. The van der Waals surface area contributed by atoms with Gasteiger partial charge in [0.15, 0.2) is 0 Å². The van der Waals surface area contributed by atoms with E-state index < -0.39 is 23.6 Å². The lowest BCUT2D eigenvalue weighted by Gasteiger charge is -2.26. The molecule has 0 aromatic carbocycles. The molecule has 2 rings (SSSR count). The number of hydrogen-bond donors (Lipinski definition) is 2. The summed E-state index contributed by atoms with van der Waals surface area (Å²) in [6.45, 7) is 9.29. The number of hydrogen-bond acceptors (Lipinski definition) is 5. The molecule has 0 saturated heterocycles. The molecule has 0 aliphatic heterocycles. The fourth-order valence-electron chi connectivity index (χ4n) is 2.84. The Morgan fingerprint density at radius 2 is 1.83 bits per heavy atom. The maximum absolute atomic E-state index is 12.7. The van der Waals surface area contributed by atoms with Gasteiger partial charge in [0.25, 0.3) is 0 Å². The van der Waals surface area contributed by atoms with Gasteiger partial charge in [0.1, 0.15) is 11.6 Å². The minimum absolute atomic E-state index is 0.111. The SMILES string of the molecule is CC(C)[C@H](NC(=O)OC(C)(C)C)C(=O)NCC(=O)N(Cc1ccncc1)C1CC1. The molecule has 1 heterocycles. The molecule has 2 N–H and O–H groups in total. The summed E-state index contributed by atoms with van der Waals surface area (Å²) >= 11 is 0. The van der Waals surface area contributed by atoms with Gasteiger partial charge < -0.3 is 20.3 Å². The predicted molar refractivity (Wildman–Crippen MR) is 109 cm³/mol. The van der Waals surface area contributed by atoms with E-state index in [1.807, 2.05) is 26.0 Å². The molecular formula is C21H32N4O4. The lowest BCUT2D eigenvalue weighted by atomic mass is 10.0. The monoisotopic (exact) mass is 404 g/mol. The molecule has 8 nitrogen and oxygen atoms in total. The summed E-state index contributed by atoms with van der Waals surface area (Å²) in [6, 6.07) is 3.18. The largest absolute Gasteiger partial charge is 0.444 e. The van der Waals surface area contributed by atoms with E-state index in [-0.39, 0.29) is 24.4 Å². The van der Waals surface area contributed by atoms with Crippen LogP contribution < -0.4 is 10.6 Å². The first kappa shape index (κ1) is 22.6. The van der Waals surface area contributed by atoms with E-state index in [0.717, 1.165) is 18.4 Å². The van der Waals surface area contributed by atoms with Crippen molar-refractivity contribution in [3.8, 4) is 0 Å². The normalized spacial score (nSPS) is 14.8. The van der Waals surface area contributed by atoms with E-state index in [4.69, 9.17) is 4.74 Å².